The van der Waals surface area contributed by atoms with Crippen molar-refractivity contribution in [3.05, 3.63) is 130 Å². The molecular formula is C34H22ClFN2O4S2. The summed E-state index contributed by atoms with van der Waals surface area (Å²) in [6.45, 7) is 9.16. The molecule has 0 spiro atoms. The van der Waals surface area contributed by atoms with Crippen molar-refractivity contribution in [2.75, 3.05) is 7.11 Å². The SMILES string of the molecule is [2H]c1c([2H])c(S(=O)(=O)n2c(-c3cccc(-c4ccc(C(=O)OC)cc4Cl)c3)c(-c3ccsc3[N+]#[C-])c3cc(F)ccc32)c([2H])c([2H])c1C. The zero-order chi connectivity index (χ0) is 34.7. The van der Waals surface area contributed by atoms with Crippen molar-refractivity contribution >= 4 is 54.8 Å². The average molecular weight is 645 g/mol. The molecule has 0 unspecified atom stereocenters. The molecular weight excluding hydrogens is 619 g/mol. The Kier molecular flexibility index (Phi) is 6.39. The lowest BCUT2D eigenvalue weighted by Gasteiger charge is -2.15. The van der Waals surface area contributed by atoms with Crippen LogP contribution in [0.5, 0.6) is 0 Å². The third-order valence-corrected chi connectivity index (χ3v) is 9.66. The summed E-state index contributed by atoms with van der Waals surface area (Å²) in [7, 11) is -3.70. The maximum Gasteiger partial charge on any atom is 0.337 e. The van der Waals surface area contributed by atoms with Crippen LogP contribution >= 0.6 is 22.9 Å². The van der Waals surface area contributed by atoms with Crippen molar-refractivity contribution in [1.29, 1.82) is 0 Å². The monoisotopic (exact) mass is 644 g/mol. The molecule has 0 N–H and O–H groups in total. The van der Waals surface area contributed by atoms with Gasteiger partial charge in [-0.05, 0) is 66.4 Å². The van der Waals surface area contributed by atoms with Crippen molar-refractivity contribution in [3.8, 4) is 33.5 Å². The van der Waals surface area contributed by atoms with Gasteiger partial charge in [-0.15, -0.1) is 0 Å². The molecule has 10 heteroatoms. The van der Waals surface area contributed by atoms with Crippen molar-refractivity contribution < 1.29 is 27.8 Å². The topological polar surface area (TPSA) is 69.7 Å². The second kappa shape index (κ2) is 11.4. The predicted molar refractivity (Wildman–Crippen MR) is 172 cm³/mol. The number of hydrogen-bond acceptors (Lipinski definition) is 5. The minimum absolute atomic E-state index is 0.000453. The van der Waals surface area contributed by atoms with E-state index in [-0.39, 0.29) is 43.3 Å². The Morgan fingerprint density at radius 1 is 1.02 bits per heavy atom. The van der Waals surface area contributed by atoms with Gasteiger partial charge in [-0.1, -0.05) is 59.6 Å². The lowest BCUT2D eigenvalue weighted by Crippen LogP contribution is -2.14. The number of esters is 1. The number of benzene rings is 4. The highest BCUT2D eigenvalue weighted by Crippen LogP contribution is 2.48. The first-order chi connectivity index (χ1) is 22.8. The van der Waals surface area contributed by atoms with Crippen LogP contribution < -0.4 is 0 Å². The first-order valence-corrected chi connectivity index (χ1v) is 15.6. The third kappa shape index (κ3) is 4.97. The van der Waals surface area contributed by atoms with E-state index in [0.717, 1.165) is 27.4 Å². The standard InChI is InChI=1S/C34H22ClFN2O4S2/c1-20-7-11-25(12-8-20)44(40,41)38-30-14-10-24(36)19-28(30)31(27-15-16-43-33(27)37-2)32(38)22-6-4-5-21(17-22)26-13-9-23(18-29(26)35)34(39)42-3/h4-19H,1,3H3/i7D,8D,11D,12D. The lowest BCUT2D eigenvalue weighted by atomic mass is 9.96. The molecule has 0 atom stereocenters. The van der Waals surface area contributed by atoms with Crippen LogP contribution in [0.15, 0.2) is 101 Å². The van der Waals surface area contributed by atoms with Crippen LogP contribution in [0.2, 0.25) is 5.02 Å². The molecule has 218 valence electrons. The highest BCUT2D eigenvalue weighted by atomic mass is 35.5. The Morgan fingerprint density at radius 3 is 2.48 bits per heavy atom. The Morgan fingerprint density at radius 2 is 1.77 bits per heavy atom. The highest BCUT2D eigenvalue weighted by Gasteiger charge is 2.30. The summed E-state index contributed by atoms with van der Waals surface area (Å²) in [6.07, 6.45) is 0. The molecule has 6 aromatic rings. The number of aromatic nitrogens is 1. The fourth-order valence-electron chi connectivity index (χ4n) is 5.01. The first kappa shape index (κ1) is 24.7. The Hall–Kier alpha value is -4.75. The number of rotatable bonds is 6. The quantitative estimate of drug-likeness (QED) is 0.134. The summed E-state index contributed by atoms with van der Waals surface area (Å²) in [5, 5.41) is 2.23. The van der Waals surface area contributed by atoms with Crippen LogP contribution in [0.3, 0.4) is 0 Å². The summed E-state index contributed by atoms with van der Waals surface area (Å²) in [6, 6.07) is 13.8. The Balaban J connectivity index is 1.75. The van der Waals surface area contributed by atoms with Gasteiger partial charge >= 0.3 is 5.97 Å². The van der Waals surface area contributed by atoms with E-state index in [0.29, 0.717) is 22.3 Å². The van der Waals surface area contributed by atoms with Crippen molar-refractivity contribution in [1.82, 2.24) is 3.97 Å². The van der Waals surface area contributed by atoms with Gasteiger partial charge < -0.3 is 4.74 Å². The number of fused-ring (bicyclic) bond motifs is 1. The summed E-state index contributed by atoms with van der Waals surface area (Å²) < 4.78 is 84.2. The molecule has 0 bridgehead atoms. The first-order valence-electron chi connectivity index (χ1n) is 14.9. The predicted octanol–water partition coefficient (Wildman–Crippen LogP) is 9.38. The summed E-state index contributed by atoms with van der Waals surface area (Å²) in [5.41, 5.74) is 2.06. The maximum absolute atomic E-state index is 15.0. The van der Waals surface area contributed by atoms with Gasteiger partial charge in [0.2, 0.25) is 5.00 Å². The molecule has 4 aromatic carbocycles. The van der Waals surface area contributed by atoms with Crippen LogP contribution in [0.4, 0.5) is 9.39 Å². The fourth-order valence-corrected chi connectivity index (χ4v) is 7.38. The van der Waals surface area contributed by atoms with Gasteiger partial charge in [-0.2, -0.15) is 11.3 Å². The number of thiophene rings is 1. The van der Waals surface area contributed by atoms with Gasteiger partial charge in [0.15, 0.2) is 0 Å². The van der Waals surface area contributed by atoms with Gasteiger partial charge in [0.05, 0.1) is 40.8 Å². The van der Waals surface area contributed by atoms with Crippen molar-refractivity contribution in [3.63, 3.8) is 0 Å². The molecule has 0 amide bonds. The van der Waals surface area contributed by atoms with E-state index in [1.807, 2.05) is 0 Å². The molecule has 6 nitrogen and oxygen atoms in total. The molecule has 0 aliphatic carbocycles. The summed E-state index contributed by atoms with van der Waals surface area (Å²) >= 11 is 7.72. The Bertz CT molecular complexity index is 2460. The smallest absolute Gasteiger partial charge is 0.337 e. The molecule has 0 aliphatic heterocycles. The number of hydrogen-bond donors (Lipinski definition) is 0. The van der Waals surface area contributed by atoms with Crippen LogP contribution in [0.1, 0.15) is 21.4 Å². The molecule has 0 saturated heterocycles. The van der Waals surface area contributed by atoms with Gasteiger partial charge in [0.25, 0.3) is 10.0 Å². The second-order valence-corrected chi connectivity index (χ2v) is 12.7. The highest BCUT2D eigenvalue weighted by molar-refractivity contribution is 7.90. The summed E-state index contributed by atoms with van der Waals surface area (Å²) in [5.74, 6) is -1.25. The minimum Gasteiger partial charge on any atom is -0.465 e. The van der Waals surface area contributed by atoms with Crippen molar-refractivity contribution in [2.45, 2.75) is 11.8 Å². The molecule has 44 heavy (non-hydrogen) atoms. The molecule has 6 rings (SSSR count). The van der Waals surface area contributed by atoms with E-state index in [4.69, 9.17) is 28.4 Å². The second-order valence-electron chi connectivity index (χ2n) is 9.63. The molecule has 2 heterocycles. The minimum atomic E-state index is -4.95. The van der Waals surface area contributed by atoms with E-state index in [9.17, 15) is 17.6 Å². The van der Waals surface area contributed by atoms with Gasteiger partial charge in [-0.25, -0.2) is 26.4 Å². The fraction of sp³-hybridized carbons (Fsp3) is 0.0588. The van der Waals surface area contributed by atoms with Crippen LogP contribution in [0, 0.1) is 19.3 Å². The van der Waals surface area contributed by atoms with E-state index in [2.05, 4.69) is 4.85 Å². The van der Waals surface area contributed by atoms with Gasteiger partial charge in [0, 0.05) is 32.7 Å². The number of methoxy groups -OCH3 is 1. The molecule has 0 aliphatic rings. The third-order valence-electron chi connectivity index (χ3n) is 6.96. The van der Waals surface area contributed by atoms with Crippen LogP contribution in [-0.4, -0.2) is 25.5 Å². The number of halogens is 2. The van der Waals surface area contributed by atoms with Gasteiger partial charge in [-0.3, -0.25) is 0 Å². The molecule has 2 aromatic heterocycles. The Labute approximate surface area is 268 Å². The number of carbonyl (C=O) groups is 1. The van der Waals surface area contributed by atoms with Crippen molar-refractivity contribution in [2.24, 2.45) is 0 Å². The summed E-state index contributed by atoms with van der Waals surface area (Å²) in [4.78, 5) is 14.8. The molecule has 0 saturated carbocycles. The van der Waals surface area contributed by atoms with E-state index in [1.165, 1.54) is 32.2 Å². The zero-order valence-corrected chi connectivity index (χ0v) is 25.4. The normalized spacial score (nSPS) is 12.7. The largest absolute Gasteiger partial charge is 0.465 e. The number of carbonyl (C=O) groups excluding carboxylic acids is 1. The molecule has 0 radical (unpaired) electrons. The lowest BCUT2D eigenvalue weighted by molar-refractivity contribution is 0.0600. The maximum atomic E-state index is 15.0. The average Bonchev–Trinajstić information content (AvgIpc) is 3.68. The van der Waals surface area contributed by atoms with E-state index in [1.54, 1.807) is 41.8 Å². The molecule has 0 fully saturated rings. The van der Waals surface area contributed by atoms with Crippen LogP contribution in [0.25, 0.3) is 49.3 Å². The number of ether oxygens (including phenoxy) is 1. The van der Waals surface area contributed by atoms with E-state index < -0.39 is 50.9 Å². The van der Waals surface area contributed by atoms with E-state index >= 15 is 0 Å². The zero-order valence-electron chi connectivity index (χ0n) is 27.0. The van der Waals surface area contributed by atoms with Crippen LogP contribution in [-0.2, 0) is 14.8 Å². The van der Waals surface area contributed by atoms with Gasteiger partial charge in [0.1, 0.15) is 5.82 Å². The number of nitrogens with zero attached hydrogens (tertiary/aromatic N) is 2.